The summed E-state index contributed by atoms with van der Waals surface area (Å²) in [6.45, 7) is 0. The van der Waals surface area contributed by atoms with Crippen molar-refractivity contribution in [3.8, 4) is 0 Å². The average molecular weight is 286 g/mol. The molecule has 0 radical (unpaired) electrons. The lowest BCUT2D eigenvalue weighted by Gasteiger charge is -2.00. The smallest absolute Gasteiger partial charge is 0.279 e. The molecule has 0 atom stereocenters. The molecule has 0 fully saturated rings. The first kappa shape index (κ1) is 11.5. The van der Waals surface area contributed by atoms with Crippen LogP contribution in [-0.2, 0) is 11.5 Å². The molecule has 3 aromatic rings. The molecule has 100 valence electrons. The van der Waals surface area contributed by atoms with Gasteiger partial charge in [-0.1, -0.05) is 23.4 Å². The average Bonchev–Trinajstić information content (AvgIpc) is 3.14. The van der Waals surface area contributed by atoms with Crippen molar-refractivity contribution < 1.29 is 9.32 Å². The minimum Gasteiger partial charge on any atom is -0.338 e. The maximum absolute atomic E-state index is 12.3. The van der Waals surface area contributed by atoms with Crippen LogP contribution in [-0.4, -0.2) is 21.3 Å². The number of carbonyl (C=O) groups excluding carboxylic acids is 1. The normalized spacial score (nSPS) is 13.6. The quantitative estimate of drug-likeness (QED) is 0.756. The number of amides is 1. The second-order valence-electron chi connectivity index (χ2n) is 4.50. The molecule has 0 saturated heterocycles. The number of carbonyl (C=O) groups is 1. The zero-order chi connectivity index (χ0) is 13.5. The summed E-state index contributed by atoms with van der Waals surface area (Å²) in [7, 11) is 0. The Morgan fingerprint density at radius 3 is 3.20 bits per heavy atom. The van der Waals surface area contributed by atoms with Gasteiger partial charge in [-0.05, 0) is 6.07 Å². The van der Waals surface area contributed by atoms with E-state index in [2.05, 4.69) is 20.7 Å². The summed E-state index contributed by atoms with van der Waals surface area (Å²) < 4.78 is 5.19. The molecule has 0 saturated carbocycles. The molecule has 0 spiro atoms. The Balaban J connectivity index is 1.67. The third-order valence-corrected chi connectivity index (χ3v) is 4.24. The Bertz CT molecular complexity index is 808. The lowest BCUT2D eigenvalue weighted by Crippen LogP contribution is -2.13. The van der Waals surface area contributed by atoms with Crippen LogP contribution in [0, 0.1) is 0 Å². The van der Waals surface area contributed by atoms with Gasteiger partial charge in [-0.2, -0.15) is 16.9 Å². The number of para-hydroxylation sites is 1. The van der Waals surface area contributed by atoms with Crippen molar-refractivity contribution in [1.82, 2.24) is 15.4 Å². The van der Waals surface area contributed by atoms with Crippen molar-refractivity contribution >= 4 is 34.5 Å². The third-order valence-electron chi connectivity index (χ3n) is 3.27. The highest BCUT2D eigenvalue weighted by atomic mass is 32.2. The van der Waals surface area contributed by atoms with E-state index in [1.165, 1.54) is 0 Å². The molecule has 6 nitrogen and oxygen atoms in total. The second kappa shape index (κ2) is 4.38. The SMILES string of the molecule is O=C(Nc1onc2c1CSC2)c1n[nH]c2ccccc12. The fourth-order valence-electron chi connectivity index (χ4n) is 2.25. The van der Waals surface area contributed by atoms with Crippen molar-refractivity contribution in [2.45, 2.75) is 11.5 Å². The van der Waals surface area contributed by atoms with Gasteiger partial charge in [0.25, 0.3) is 5.91 Å². The van der Waals surface area contributed by atoms with Crippen LogP contribution in [0.5, 0.6) is 0 Å². The van der Waals surface area contributed by atoms with Gasteiger partial charge in [0, 0.05) is 16.9 Å². The van der Waals surface area contributed by atoms with E-state index in [4.69, 9.17) is 4.52 Å². The molecule has 0 aliphatic carbocycles. The van der Waals surface area contributed by atoms with Crippen LogP contribution in [0.15, 0.2) is 28.8 Å². The highest BCUT2D eigenvalue weighted by molar-refractivity contribution is 7.98. The third kappa shape index (κ3) is 1.70. The van der Waals surface area contributed by atoms with Crippen LogP contribution in [0.2, 0.25) is 0 Å². The van der Waals surface area contributed by atoms with Gasteiger partial charge in [0.15, 0.2) is 5.69 Å². The maximum atomic E-state index is 12.3. The molecule has 1 aromatic carbocycles. The van der Waals surface area contributed by atoms with Crippen molar-refractivity contribution in [2.24, 2.45) is 0 Å². The topological polar surface area (TPSA) is 83.8 Å². The Morgan fingerprint density at radius 2 is 2.25 bits per heavy atom. The first-order valence-corrected chi connectivity index (χ1v) is 7.28. The zero-order valence-electron chi connectivity index (χ0n) is 10.3. The predicted octanol–water partition coefficient (Wildman–Crippen LogP) is 2.55. The molecule has 0 bridgehead atoms. The van der Waals surface area contributed by atoms with E-state index in [0.717, 1.165) is 33.7 Å². The van der Waals surface area contributed by atoms with Gasteiger partial charge in [0.1, 0.15) is 0 Å². The summed E-state index contributed by atoms with van der Waals surface area (Å²) in [5, 5.41) is 14.4. The standard InChI is InChI=1S/C13H10N4O2S/c18-12(11-7-3-1-2-4-9(7)15-16-11)14-13-8-5-20-6-10(8)17-19-13/h1-4H,5-6H2,(H,14,18)(H,15,16). The molecule has 2 aromatic heterocycles. The van der Waals surface area contributed by atoms with E-state index in [9.17, 15) is 4.79 Å². The van der Waals surface area contributed by atoms with Gasteiger partial charge < -0.3 is 4.52 Å². The highest BCUT2D eigenvalue weighted by Crippen LogP contribution is 2.34. The van der Waals surface area contributed by atoms with E-state index in [-0.39, 0.29) is 5.91 Å². The molecule has 1 aliphatic heterocycles. The molecule has 0 unspecified atom stereocenters. The monoisotopic (exact) mass is 286 g/mol. The highest BCUT2D eigenvalue weighted by Gasteiger charge is 2.24. The Labute approximate surface area is 117 Å². The summed E-state index contributed by atoms with van der Waals surface area (Å²) in [5.74, 6) is 1.79. The minimum absolute atomic E-state index is 0.293. The molecular formula is C13H10N4O2S. The first-order chi connectivity index (χ1) is 9.83. The predicted molar refractivity (Wildman–Crippen MR) is 75.5 cm³/mol. The molecule has 3 heterocycles. The molecule has 1 aliphatic rings. The number of hydrogen-bond acceptors (Lipinski definition) is 5. The second-order valence-corrected chi connectivity index (χ2v) is 5.49. The van der Waals surface area contributed by atoms with Gasteiger partial charge in [0.05, 0.1) is 16.8 Å². The van der Waals surface area contributed by atoms with E-state index >= 15 is 0 Å². The number of aromatic nitrogens is 3. The van der Waals surface area contributed by atoms with E-state index < -0.39 is 0 Å². The van der Waals surface area contributed by atoms with Crippen LogP contribution in [0.4, 0.5) is 5.88 Å². The number of hydrogen-bond donors (Lipinski definition) is 2. The summed E-state index contributed by atoms with van der Waals surface area (Å²) in [5.41, 5.74) is 3.08. The molecule has 7 heteroatoms. The number of rotatable bonds is 2. The van der Waals surface area contributed by atoms with Crippen LogP contribution in [0.25, 0.3) is 10.9 Å². The lowest BCUT2D eigenvalue weighted by molar-refractivity contribution is 0.102. The van der Waals surface area contributed by atoms with E-state index in [0.29, 0.717) is 11.6 Å². The Morgan fingerprint density at radius 1 is 1.35 bits per heavy atom. The van der Waals surface area contributed by atoms with Gasteiger partial charge in [-0.25, -0.2) is 0 Å². The fraction of sp³-hybridized carbons (Fsp3) is 0.154. The zero-order valence-corrected chi connectivity index (χ0v) is 11.2. The number of thioether (sulfide) groups is 1. The maximum Gasteiger partial charge on any atom is 0.279 e. The van der Waals surface area contributed by atoms with Gasteiger partial charge in [0.2, 0.25) is 5.88 Å². The van der Waals surface area contributed by atoms with Crippen molar-refractivity contribution in [1.29, 1.82) is 0 Å². The van der Waals surface area contributed by atoms with Crippen molar-refractivity contribution in [3.05, 3.63) is 41.2 Å². The number of nitrogens with one attached hydrogen (secondary N) is 2. The van der Waals surface area contributed by atoms with E-state index in [1.807, 2.05) is 24.3 Å². The van der Waals surface area contributed by atoms with Crippen LogP contribution < -0.4 is 5.32 Å². The van der Waals surface area contributed by atoms with Crippen LogP contribution in [0.1, 0.15) is 21.7 Å². The summed E-state index contributed by atoms with van der Waals surface area (Å²) in [4.78, 5) is 12.3. The Hall–Kier alpha value is -2.28. The molecule has 2 N–H and O–H groups in total. The summed E-state index contributed by atoms with van der Waals surface area (Å²) >= 11 is 1.76. The molecule has 1 amide bonds. The van der Waals surface area contributed by atoms with Gasteiger partial charge in [-0.15, -0.1) is 0 Å². The number of aromatic amines is 1. The van der Waals surface area contributed by atoms with Crippen LogP contribution >= 0.6 is 11.8 Å². The van der Waals surface area contributed by atoms with Gasteiger partial charge >= 0.3 is 0 Å². The van der Waals surface area contributed by atoms with E-state index in [1.54, 1.807) is 11.8 Å². The minimum atomic E-state index is -0.293. The number of benzene rings is 1. The fourth-order valence-corrected chi connectivity index (χ4v) is 3.28. The largest absolute Gasteiger partial charge is 0.338 e. The molecule has 20 heavy (non-hydrogen) atoms. The lowest BCUT2D eigenvalue weighted by atomic mass is 10.2. The summed E-state index contributed by atoms with van der Waals surface area (Å²) in [6.07, 6.45) is 0. The molecular weight excluding hydrogens is 276 g/mol. The van der Waals surface area contributed by atoms with Crippen molar-refractivity contribution in [2.75, 3.05) is 5.32 Å². The number of nitrogens with zero attached hydrogens (tertiary/aromatic N) is 2. The number of H-pyrrole nitrogens is 1. The molecule has 4 rings (SSSR count). The van der Waals surface area contributed by atoms with Crippen LogP contribution in [0.3, 0.4) is 0 Å². The number of anilines is 1. The van der Waals surface area contributed by atoms with Crippen molar-refractivity contribution in [3.63, 3.8) is 0 Å². The first-order valence-electron chi connectivity index (χ1n) is 6.12. The number of fused-ring (bicyclic) bond motifs is 2. The Kier molecular flexibility index (Phi) is 2.53. The van der Waals surface area contributed by atoms with Gasteiger partial charge in [-0.3, -0.25) is 15.2 Å². The summed E-state index contributed by atoms with van der Waals surface area (Å²) in [6, 6.07) is 7.50.